The molecule has 9 nitrogen and oxygen atoms in total. The maximum absolute atomic E-state index is 14.6. The number of carbonyl (C=O) groups excluding carboxylic acids is 4. The Morgan fingerprint density at radius 2 is 1.52 bits per heavy atom. The predicted octanol–water partition coefficient (Wildman–Crippen LogP) is 5.78. The molecule has 2 aromatic rings. The van der Waals surface area contributed by atoms with Crippen molar-refractivity contribution >= 4 is 29.5 Å². The number of nitrogens with zero attached hydrogens (tertiary/aromatic N) is 1. The summed E-state index contributed by atoms with van der Waals surface area (Å²) in [6, 6.07) is 9.28. The maximum Gasteiger partial charge on any atom is 0.408 e. The third-order valence-electron chi connectivity index (χ3n) is 7.38. The van der Waals surface area contributed by atoms with Gasteiger partial charge in [-0.05, 0) is 97.4 Å². The van der Waals surface area contributed by atoms with Crippen LogP contribution in [0.1, 0.15) is 94.7 Å². The van der Waals surface area contributed by atoms with Crippen LogP contribution in [-0.4, -0.2) is 45.9 Å². The van der Waals surface area contributed by atoms with Crippen molar-refractivity contribution in [1.29, 1.82) is 0 Å². The quantitative estimate of drug-likeness (QED) is 0.310. The largest absolute Gasteiger partial charge is 0.444 e. The van der Waals surface area contributed by atoms with Gasteiger partial charge in [-0.3, -0.25) is 14.4 Å². The van der Waals surface area contributed by atoms with E-state index in [1.165, 1.54) is 4.90 Å². The first kappa shape index (κ1) is 34.3. The highest BCUT2D eigenvalue weighted by atomic mass is 16.6. The third-order valence-corrected chi connectivity index (χ3v) is 7.38. The molecule has 0 spiro atoms. The minimum Gasteiger partial charge on any atom is -0.444 e. The van der Waals surface area contributed by atoms with Crippen LogP contribution in [0.5, 0.6) is 0 Å². The highest BCUT2D eigenvalue weighted by Gasteiger charge is 2.43. The highest BCUT2D eigenvalue weighted by molar-refractivity contribution is 6.00. The fraction of sp³-hybridized carbons (Fsp3) is 0.515. The van der Waals surface area contributed by atoms with Gasteiger partial charge < -0.3 is 26.0 Å². The average Bonchev–Trinajstić information content (AvgIpc) is 2.86. The van der Waals surface area contributed by atoms with Crippen molar-refractivity contribution in [3.63, 3.8) is 0 Å². The van der Waals surface area contributed by atoms with Crippen LogP contribution in [0.15, 0.2) is 36.4 Å². The maximum atomic E-state index is 14.6. The van der Waals surface area contributed by atoms with Gasteiger partial charge in [0.05, 0.1) is 0 Å². The molecule has 0 fully saturated rings. The summed E-state index contributed by atoms with van der Waals surface area (Å²) in [5.41, 5.74) is 8.77. The zero-order valence-electron chi connectivity index (χ0n) is 26.8. The summed E-state index contributed by atoms with van der Waals surface area (Å²) >= 11 is 0. The van der Waals surface area contributed by atoms with Crippen molar-refractivity contribution in [3.8, 4) is 0 Å². The number of anilines is 1. The van der Waals surface area contributed by atoms with Crippen molar-refractivity contribution in [2.45, 2.75) is 112 Å². The van der Waals surface area contributed by atoms with Crippen LogP contribution in [0.2, 0.25) is 0 Å². The summed E-state index contributed by atoms with van der Waals surface area (Å²) in [7, 11) is 0. The zero-order valence-corrected chi connectivity index (χ0v) is 26.8. The van der Waals surface area contributed by atoms with Gasteiger partial charge in [-0.1, -0.05) is 48.9 Å². The summed E-state index contributed by atoms with van der Waals surface area (Å²) in [5, 5.41) is 5.74. The Kier molecular flexibility index (Phi) is 11.3. The number of carbonyl (C=O) groups is 4. The van der Waals surface area contributed by atoms with Crippen LogP contribution in [0, 0.1) is 27.7 Å². The number of para-hydroxylation sites is 1. The molecule has 4 N–H and O–H groups in total. The second-order valence-corrected chi connectivity index (χ2v) is 12.6. The smallest absolute Gasteiger partial charge is 0.408 e. The van der Waals surface area contributed by atoms with E-state index in [1.54, 1.807) is 20.8 Å². The summed E-state index contributed by atoms with van der Waals surface area (Å²) in [6.45, 7) is 18.5. The van der Waals surface area contributed by atoms with Gasteiger partial charge in [0, 0.05) is 17.6 Å². The fourth-order valence-electron chi connectivity index (χ4n) is 4.84. The average molecular weight is 581 g/mol. The second kappa shape index (κ2) is 13.9. The lowest BCUT2D eigenvalue weighted by atomic mass is 9.89. The number of alkyl carbamates (subject to hydrolysis) is 1. The van der Waals surface area contributed by atoms with Crippen molar-refractivity contribution in [2.75, 3.05) is 5.32 Å². The Morgan fingerprint density at radius 3 is 2.02 bits per heavy atom. The molecular formula is C33H48N4O5. The summed E-state index contributed by atoms with van der Waals surface area (Å²) < 4.78 is 5.43. The van der Waals surface area contributed by atoms with Crippen LogP contribution in [-0.2, 0) is 19.1 Å². The monoisotopic (exact) mass is 580 g/mol. The van der Waals surface area contributed by atoms with E-state index in [9.17, 15) is 19.2 Å². The van der Waals surface area contributed by atoms with Gasteiger partial charge in [0.15, 0.2) is 0 Å². The SMILES string of the molecule is CCC(C)(C)N(C(=O)C(CCC(N)=O)NC(=O)OC(C)(C)C)C(C(=O)Nc1c(C)cccc1C)c1ccc(C)cc1C. The number of primary amides is 1. The Morgan fingerprint density at radius 1 is 0.929 bits per heavy atom. The summed E-state index contributed by atoms with van der Waals surface area (Å²) in [5.74, 6) is -1.52. The molecular weight excluding hydrogens is 532 g/mol. The van der Waals surface area contributed by atoms with Crippen LogP contribution in [0.4, 0.5) is 10.5 Å². The molecule has 4 amide bonds. The van der Waals surface area contributed by atoms with Crippen LogP contribution < -0.4 is 16.4 Å². The van der Waals surface area contributed by atoms with Crippen molar-refractivity contribution in [2.24, 2.45) is 5.73 Å². The molecule has 230 valence electrons. The minimum absolute atomic E-state index is 0.0537. The molecule has 0 aliphatic rings. The van der Waals surface area contributed by atoms with E-state index in [-0.39, 0.29) is 18.7 Å². The zero-order chi connectivity index (χ0) is 32.0. The molecule has 0 aliphatic heterocycles. The van der Waals surface area contributed by atoms with Gasteiger partial charge >= 0.3 is 6.09 Å². The number of hydrogen-bond donors (Lipinski definition) is 3. The van der Waals surface area contributed by atoms with Gasteiger partial charge in [0.2, 0.25) is 11.8 Å². The Balaban J connectivity index is 2.74. The Labute approximate surface area is 250 Å². The first-order valence-corrected chi connectivity index (χ1v) is 14.4. The van der Waals surface area contributed by atoms with Gasteiger partial charge in [-0.2, -0.15) is 0 Å². The first-order valence-electron chi connectivity index (χ1n) is 14.4. The van der Waals surface area contributed by atoms with Crippen LogP contribution in [0.3, 0.4) is 0 Å². The lowest BCUT2D eigenvalue weighted by molar-refractivity contribution is -0.148. The number of benzene rings is 2. The van der Waals surface area contributed by atoms with Gasteiger partial charge in [-0.25, -0.2) is 4.79 Å². The Bertz CT molecular complexity index is 1290. The predicted molar refractivity (Wildman–Crippen MR) is 166 cm³/mol. The number of nitrogens with one attached hydrogen (secondary N) is 2. The van der Waals surface area contributed by atoms with E-state index < -0.39 is 41.1 Å². The lowest BCUT2D eigenvalue weighted by Crippen LogP contribution is -2.59. The number of amides is 4. The molecule has 9 heteroatoms. The topological polar surface area (TPSA) is 131 Å². The lowest BCUT2D eigenvalue weighted by Gasteiger charge is -2.45. The van der Waals surface area contributed by atoms with E-state index in [0.717, 1.165) is 22.3 Å². The number of hydrogen-bond acceptors (Lipinski definition) is 5. The number of nitrogens with two attached hydrogens (primary N) is 1. The van der Waals surface area contributed by atoms with E-state index in [4.69, 9.17) is 10.5 Å². The van der Waals surface area contributed by atoms with Crippen molar-refractivity contribution in [3.05, 3.63) is 64.2 Å². The van der Waals surface area contributed by atoms with Gasteiger partial charge in [-0.15, -0.1) is 0 Å². The van der Waals surface area contributed by atoms with E-state index >= 15 is 0 Å². The standard InChI is InChI=1S/C33H48N4O5/c1-11-33(9,10)37(30(40)25(17-18-26(34)38)35-31(41)42-32(6,7)8)28(24-16-15-20(2)19-23(24)5)29(39)36-27-21(3)13-12-14-22(27)4/h12-16,19,25,28H,11,17-18H2,1-10H3,(H2,34,38)(H,35,41)(H,36,39). The van der Waals surface area contributed by atoms with Crippen molar-refractivity contribution in [1.82, 2.24) is 10.2 Å². The molecule has 2 unspecified atom stereocenters. The normalized spacial score (nSPS) is 13.1. The number of rotatable bonds is 11. The molecule has 0 aliphatic carbocycles. The van der Waals surface area contributed by atoms with Crippen LogP contribution in [0.25, 0.3) is 0 Å². The fourth-order valence-corrected chi connectivity index (χ4v) is 4.84. The second-order valence-electron chi connectivity index (χ2n) is 12.6. The summed E-state index contributed by atoms with van der Waals surface area (Å²) in [4.78, 5) is 55.1. The molecule has 2 aromatic carbocycles. The van der Waals surface area contributed by atoms with Gasteiger partial charge in [0.25, 0.3) is 5.91 Å². The highest BCUT2D eigenvalue weighted by Crippen LogP contribution is 2.35. The molecule has 42 heavy (non-hydrogen) atoms. The summed E-state index contributed by atoms with van der Waals surface area (Å²) in [6.07, 6.45) is -0.495. The number of ether oxygens (including phenoxy) is 1. The van der Waals surface area contributed by atoms with E-state index in [1.807, 2.05) is 84.9 Å². The first-order chi connectivity index (χ1) is 19.4. The van der Waals surface area contributed by atoms with Crippen LogP contribution >= 0.6 is 0 Å². The molecule has 0 radical (unpaired) electrons. The van der Waals surface area contributed by atoms with Gasteiger partial charge in [0.1, 0.15) is 17.7 Å². The Hall–Kier alpha value is -3.88. The third kappa shape index (κ3) is 9.06. The van der Waals surface area contributed by atoms with E-state index in [2.05, 4.69) is 10.6 Å². The molecule has 0 bridgehead atoms. The molecule has 2 rings (SSSR count). The van der Waals surface area contributed by atoms with Crippen molar-refractivity contribution < 1.29 is 23.9 Å². The van der Waals surface area contributed by atoms with E-state index in [0.29, 0.717) is 17.7 Å². The minimum atomic E-state index is -1.17. The molecule has 2 atom stereocenters. The molecule has 0 aromatic heterocycles. The number of aryl methyl sites for hydroxylation is 4. The molecule has 0 saturated carbocycles. The molecule has 0 saturated heterocycles. The molecule has 0 heterocycles.